The van der Waals surface area contributed by atoms with E-state index in [2.05, 4.69) is 15.3 Å². The predicted molar refractivity (Wildman–Crippen MR) is 77.9 cm³/mol. The number of carbonyl (C=O) groups excluding carboxylic acids is 1. The van der Waals surface area contributed by atoms with Gasteiger partial charge in [-0.2, -0.15) is 0 Å². The van der Waals surface area contributed by atoms with Gasteiger partial charge in [-0.3, -0.25) is 4.79 Å². The van der Waals surface area contributed by atoms with Gasteiger partial charge in [-0.05, 0) is 50.9 Å². The molecular formula is C16H23N3O2. The van der Waals surface area contributed by atoms with Crippen LogP contribution in [0.1, 0.15) is 55.8 Å². The number of rotatable bonds is 3. The molecule has 1 saturated carbocycles. The number of fused-ring (bicyclic) bond motifs is 1. The monoisotopic (exact) mass is 289 g/mol. The molecule has 2 fully saturated rings. The molecule has 1 amide bonds. The Bertz CT molecular complexity index is 523. The molecule has 5 heteroatoms. The van der Waals surface area contributed by atoms with Crippen molar-refractivity contribution in [3.05, 3.63) is 17.7 Å². The summed E-state index contributed by atoms with van der Waals surface area (Å²) >= 11 is 0. The Morgan fingerprint density at radius 1 is 1.33 bits per heavy atom. The first kappa shape index (κ1) is 13.3. The van der Waals surface area contributed by atoms with Crippen LogP contribution in [-0.4, -0.2) is 34.6 Å². The number of aromatic amines is 1. The summed E-state index contributed by atoms with van der Waals surface area (Å²) in [6, 6.07) is 0.279. The summed E-state index contributed by atoms with van der Waals surface area (Å²) in [5, 5.41) is 3.26. The first-order valence-corrected chi connectivity index (χ1v) is 8.25. The quantitative estimate of drug-likeness (QED) is 0.893. The van der Waals surface area contributed by atoms with Gasteiger partial charge in [-0.25, -0.2) is 4.98 Å². The molecule has 4 rings (SSSR count). The zero-order valence-electron chi connectivity index (χ0n) is 12.3. The Morgan fingerprint density at radius 3 is 3.10 bits per heavy atom. The first-order valence-electron chi connectivity index (χ1n) is 8.25. The fraction of sp³-hybridized carbons (Fsp3) is 0.750. The molecule has 5 nitrogen and oxygen atoms in total. The number of nitrogens with one attached hydrogen (secondary N) is 2. The standard InChI is InChI=1S/C16H23N3O2/c20-16(12-2-1-3-13-15(12)18-9-17-13)19-11-6-7-21-14(8-11)10-4-5-10/h9-12,14H,1-8H2,(H,17,18)(H,19,20). The van der Waals surface area contributed by atoms with Crippen molar-refractivity contribution in [1.82, 2.24) is 15.3 Å². The van der Waals surface area contributed by atoms with Crippen LogP contribution in [0, 0.1) is 5.92 Å². The number of aromatic nitrogens is 2. The van der Waals surface area contributed by atoms with Gasteiger partial charge in [0, 0.05) is 18.3 Å². The average Bonchev–Trinajstić information content (AvgIpc) is 3.24. The normalized spacial score (nSPS) is 32.5. The number of carbonyl (C=O) groups is 1. The Morgan fingerprint density at radius 2 is 2.24 bits per heavy atom. The second-order valence-corrected chi connectivity index (χ2v) is 6.69. The maximum absolute atomic E-state index is 12.6. The van der Waals surface area contributed by atoms with Crippen molar-refractivity contribution in [1.29, 1.82) is 0 Å². The molecule has 1 aromatic heterocycles. The molecule has 2 heterocycles. The van der Waals surface area contributed by atoms with E-state index in [4.69, 9.17) is 4.74 Å². The zero-order valence-corrected chi connectivity index (χ0v) is 12.3. The van der Waals surface area contributed by atoms with Crippen molar-refractivity contribution in [3.63, 3.8) is 0 Å². The second kappa shape index (κ2) is 5.44. The highest BCUT2D eigenvalue weighted by atomic mass is 16.5. The maximum Gasteiger partial charge on any atom is 0.229 e. The molecule has 2 N–H and O–H groups in total. The van der Waals surface area contributed by atoms with Crippen molar-refractivity contribution in [2.24, 2.45) is 5.92 Å². The van der Waals surface area contributed by atoms with Gasteiger partial charge < -0.3 is 15.0 Å². The summed E-state index contributed by atoms with van der Waals surface area (Å²) < 4.78 is 5.83. The Balaban J connectivity index is 1.40. The molecule has 3 unspecified atom stereocenters. The lowest BCUT2D eigenvalue weighted by Crippen LogP contribution is -2.44. The largest absolute Gasteiger partial charge is 0.378 e. The van der Waals surface area contributed by atoms with E-state index >= 15 is 0 Å². The van der Waals surface area contributed by atoms with Crippen molar-refractivity contribution < 1.29 is 9.53 Å². The summed E-state index contributed by atoms with van der Waals surface area (Å²) in [5.41, 5.74) is 2.11. The minimum absolute atomic E-state index is 0.0674. The Hall–Kier alpha value is -1.36. The minimum Gasteiger partial charge on any atom is -0.378 e. The van der Waals surface area contributed by atoms with Crippen LogP contribution in [-0.2, 0) is 16.0 Å². The van der Waals surface area contributed by atoms with Crippen molar-refractivity contribution in [3.8, 4) is 0 Å². The number of nitrogens with zero attached hydrogens (tertiary/aromatic N) is 1. The fourth-order valence-electron chi connectivity index (χ4n) is 3.76. The zero-order chi connectivity index (χ0) is 14.2. The Kier molecular flexibility index (Phi) is 3.45. The number of aryl methyl sites for hydroxylation is 1. The second-order valence-electron chi connectivity index (χ2n) is 6.69. The molecule has 1 aliphatic heterocycles. The smallest absolute Gasteiger partial charge is 0.229 e. The van der Waals surface area contributed by atoms with Crippen LogP contribution >= 0.6 is 0 Å². The molecule has 0 aromatic carbocycles. The number of H-pyrrole nitrogens is 1. The van der Waals surface area contributed by atoms with E-state index in [0.29, 0.717) is 6.10 Å². The van der Waals surface area contributed by atoms with E-state index in [1.54, 1.807) is 6.33 Å². The number of amides is 1. The number of hydrogen-bond donors (Lipinski definition) is 2. The van der Waals surface area contributed by atoms with E-state index in [9.17, 15) is 4.79 Å². The Labute approximate surface area is 124 Å². The molecule has 114 valence electrons. The van der Waals surface area contributed by atoms with Crippen molar-refractivity contribution in [2.45, 2.75) is 63.0 Å². The van der Waals surface area contributed by atoms with Crippen LogP contribution in [0.2, 0.25) is 0 Å². The molecule has 3 aliphatic rings. The summed E-state index contributed by atoms with van der Waals surface area (Å²) in [6.07, 6.45) is 9.59. The van der Waals surface area contributed by atoms with Gasteiger partial charge in [0.05, 0.1) is 24.0 Å². The van der Waals surface area contributed by atoms with E-state index in [1.807, 2.05) is 0 Å². The van der Waals surface area contributed by atoms with E-state index < -0.39 is 0 Å². The highest BCUT2D eigenvalue weighted by molar-refractivity contribution is 5.83. The SMILES string of the molecule is O=C(NC1CCOC(C2CC2)C1)C1CCCc2[nH]cnc21. The van der Waals surface area contributed by atoms with Crippen LogP contribution in [0.4, 0.5) is 0 Å². The first-order chi connectivity index (χ1) is 10.3. The van der Waals surface area contributed by atoms with Gasteiger partial charge in [0.15, 0.2) is 0 Å². The third kappa shape index (κ3) is 2.71. The van der Waals surface area contributed by atoms with Crippen LogP contribution in [0.15, 0.2) is 6.33 Å². The van der Waals surface area contributed by atoms with Crippen LogP contribution < -0.4 is 5.32 Å². The molecule has 21 heavy (non-hydrogen) atoms. The maximum atomic E-state index is 12.6. The molecule has 0 bridgehead atoms. The number of imidazole rings is 1. The highest BCUT2D eigenvalue weighted by Crippen LogP contribution is 2.38. The molecule has 2 aliphatic carbocycles. The van der Waals surface area contributed by atoms with Crippen LogP contribution in [0.25, 0.3) is 0 Å². The lowest BCUT2D eigenvalue weighted by molar-refractivity contribution is -0.124. The number of hydrogen-bond acceptors (Lipinski definition) is 3. The summed E-state index contributed by atoms with van der Waals surface area (Å²) in [5.74, 6) is 0.837. The summed E-state index contributed by atoms with van der Waals surface area (Å²) in [7, 11) is 0. The van der Waals surface area contributed by atoms with Crippen molar-refractivity contribution >= 4 is 5.91 Å². The van der Waals surface area contributed by atoms with E-state index in [-0.39, 0.29) is 17.9 Å². The summed E-state index contributed by atoms with van der Waals surface area (Å²) in [4.78, 5) is 20.1. The highest BCUT2D eigenvalue weighted by Gasteiger charge is 2.37. The van der Waals surface area contributed by atoms with Gasteiger partial charge in [-0.1, -0.05) is 0 Å². The van der Waals surface area contributed by atoms with Gasteiger partial charge in [0.2, 0.25) is 5.91 Å². The van der Waals surface area contributed by atoms with Crippen LogP contribution in [0.3, 0.4) is 0 Å². The van der Waals surface area contributed by atoms with Gasteiger partial charge in [0.1, 0.15) is 0 Å². The van der Waals surface area contributed by atoms with E-state index in [1.165, 1.54) is 12.8 Å². The molecule has 1 aromatic rings. The molecular weight excluding hydrogens is 266 g/mol. The topological polar surface area (TPSA) is 67.0 Å². The third-order valence-corrected chi connectivity index (χ3v) is 5.13. The number of ether oxygens (including phenoxy) is 1. The molecule has 0 spiro atoms. The van der Waals surface area contributed by atoms with Crippen molar-refractivity contribution in [2.75, 3.05) is 6.61 Å². The summed E-state index contributed by atoms with van der Waals surface area (Å²) in [6.45, 7) is 0.782. The third-order valence-electron chi connectivity index (χ3n) is 5.13. The average molecular weight is 289 g/mol. The van der Waals surface area contributed by atoms with Gasteiger partial charge in [0.25, 0.3) is 0 Å². The molecule has 0 radical (unpaired) electrons. The fourth-order valence-corrected chi connectivity index (χ4v) is 3.76. The molecule has 3 atom stereocenters. The van der Waals surface area contributed by atoms with E-state index in [0.717, 1.165) is 56.0 Å². The molecule has 1 saturated heterocycles. The lowest BCUT2D eigenvalue weighted by atomic mass is 9.88. The lowest BCUT2D eigenvalue weighted by Gasteiger charge is -2.31. The van der Waals surface area contributed by atoms with Gasteiger partial charge >= 0.3 is 0 Å². The minimum atomic E-state index is -0.0674. The van der Waals surface area contributed by atoms with Crippen LogP contribution in [0.5, 0.6) is 0 Å². The predicted octanol–water partition coefficient (Wildman–Crippen LogP) is 1.90. The van der Waals surface area contributed by atoms with Gasteiger partial charge in [-0.15, -0.1) is 0 Å².